The second kappa shape index (κ2) is 7.41. The smallest absolute Gasteiger partial charge is 0.255 e. The molecule has 0 unspecified atom stereocenters. The van der Waals surface area contributed by atoms with Crippen molar-refractivity contribution < 1.29 is 14.0 Å². The van der Waals surface area contributed by atoms with E-state index in [2.05, 4.69) is 10.6 Å². The zero-order chi connectivity index (χ0) is 16.0. The van der Waals surface area contributed by atoms with Gasteiger partial charge in [-0.1, -0.05) is 38.4 Å². The first-order chi connectivity index (χ1) is 9.70. The summed E-state index contributed by atoms with van der Waals surface area (Å²) in [6.45, 7) is 6.39. The monoisotopic (exact) mass is 314 g/mol. The average Bonchev–Trinajstić information content (AvgIpc) is 2.32. The first-order valence-electron chi connectivity index (χ1n) is 6.69. The van der Waals surface area contributed by atoms with Crippen molar-refractivity contribution in [2.24, 2.45) is 5.41 Å². The van der Waals surface area contributed by atoms with E-state index in [-0.39, 0.29) is 35.0 Å². The van der Waals surface area contributed by atoms with Crippen LogP contribution in [0.5, 0.6) is 0 Å². The number of benzene rings is 1. The highest BCUT2D eigenvalue weighted by Gasteiger charge is 2.16. The first-order valence-corrected chi connectivity index (χ1v) is 7.07. The summed E-state index contributed by atoms with van der Waals surface area (Å²) >= 11 is 5.79. The lowest BCUT2D eigenvalue weighted by molar-refractivity contribution is -0.122. The van der Waals surface area contributed by atoms with Gasteiger partial charge in [0, 0.05) is 19.5 Å². The molecule has 21 heavy (non-hydrogen) atoms. The topological polar surface area (TPSA) is 58.2 Å². The molecule has 0 spiro atoms. The minimum absolute atomic E-state index is 0.0595. The highest BCUT2D eigenvalue weighted by Crippen LogP contribution is 2.18. The normalized spacial score (nSPS) is 11.1. The van der Waals surface area contributed by atoms with Crippen LogP contribution < -0.4 is 10.6 Å². The van der Waals surface area contributed by atoms with Gasteiger partial charge in [-0.2, -0.15) is 0 Å². The van der Waals surface area contributed by atoms with E-state index in [0.29, 0.717) is 6.42 Å². The van der Waals surface area contributed by atoms with Crippen molar-refractivity contribution in [2.45, 2.75) is 27.2 Å². The van der Waals surface area contributed by atoms with E-state index in [1.54, 1.807) is 0 Å². The van der Waals surface area contributed by atoms with Crippen molar-refractivity contribution >= 4 is 23.4 Å². The molecule has 1 aromatic rings. The highest BCUT2D eigenvalue weighted by atomic mass is 35.5. The molecule has 116 valence electrons. The lowest BCUT2D eigenvalue weighted by atomic mass is 9.92. The number of amides is 2. The van der Waals surface area contributed by atoms with E-state index in [1.165, 1.54) is 18.2 Å². The van der Waals surface area contributed by atoms with Gasteiger partial charge in [0.05, 0.1) is 10.6 Å². The largest absolute Gasteiger partial charge is 0.354 e. The Morgan fingerprint density at radius 3 is 2.38 bits per heavy atom. The van der Waals surface area contributed by atoms with Crippen LogP contribution in [0.15, 0.2) is 18.2 Å². The molecule has 0 saturated heterocycles. The molecule has 0 radical (unpaired) electrons. The summed E-state index contributed by atoms with van der Waals surface area (Å²) in [7, 11) is 0. The van der Waals surface area contributed by atoms with Gasteiger partial charge < -0.3 is 10.6 Å². The maximum Gasteiger partial charge on any atom is 0.255 e. The van der Waals surface area contributed by atoms with E-state index in [4.69, 9.17) is 11.6 Å². The first kappa shape index (κ1) is 17.4. The van der Waals surface area contributed by atoms with E-state index < -0.39 is 11.7 Å². The molecule has 0 aliphatic carbocycles. The third kappa shape index (κ3) is 6.12. The zero-order valence-electron chi connectivity index (χ0n) is 12.4. The molecule has 0 fully saturated rings. The number of hydrogen-bond acceptors (Lipinski definition) is 2. The zero-order valence-corrected chi connectivity index (χ0v) is 13.2. The third-order valence-corrected chi connectivity index (χ3v) is 2.93. The van der Waals surface area contributed by atoms with Gasteiger partial charge in [-0.3, -0.25) is 9.59 Å². The molecular weight excluding hydrogens is 295 g/mol. The summed E-state index contributed by atoms with van der Waals surface area (Å²) in [5.41, 5.74) is -0.270. The van der Waals surface area contributed by atoms with Crippen LogP contribution in [0, 0.1) is 11.2 Å². The van der Waals surface area contributed by atoms with Gasteiger partial charge in [-0.05, 0) is 17.5 Å². The minimum atomic E-state index is -0.670. The predicted molar refractivity (Wildman–Crippen MR) is 80.8 cm³/mol. The second-order valence-corrected chi connectivity index (χ2v) is 6.35. The van der Waals surface area contributed by atoms with Crippen LogP contribution in [0.3, 0.4) is 0 Å². The molecule has 1 rings (SSSR count). The van der Waals surface area contributed by atoms with Crippen LogP contribution >= 0.6 is 11.6 Å². The van der Waals surface area contributed by atoms with Crippen molar-refractivity contribution in [1.29, 1.82) is 0 Å². The van der Waals surface area contributed by atoms with E-state index >= 15 is 0 Å². The third-order valence-electron chi connectivity index (χ3n) is 2.61. The van der Waals surface area contributed by atoms with E-state index in [9.17, 15) is 14.0 Å². The van der Waals surface area contributed by atoms with Crippen molar-refractivity contribution in [3.63, 3.8) is 0 Å². The molecule has 0 saturated carbocycles. The number of rotatable bonds is 5. The Balaban J connectivity index is 2.40. The summed E-state index contributed by atoms with van der Waals surface area (Å²) in [6, 6.07) is 4.05. The van der Waals surface area contributed by atoms with Crippen molar-refractivity contribution in [2.75, 3.05) is 13.1 Å². The Morgan fingerprint density at radius 1 is 1.19 bits per heavy atom. The van der Waals surface area contributed by atoms with Crippen LogP contribution in [-0.2, 0) is 4.79 Å². The molecule has 4 nitrogen and oxygen atoms in total. The van der Waals surface area contributed by atoms with Crippen LogP contribution in [0.1, 0.15) is 37.6 Å². The van der Waals surface area contributed by atoms with Crippen molar-refractivity contribution in [1.82, 2.24) is 10.6 Å². The second-order valence-electron chi connectivity index (χ2n) is 5.94. The Morgan fingerprint density at radius 2 is 1.81 bits per heavy atom. The standard InChI is InChI=1S/C15H20ClFN2O2/c1-15(2,3)9-12(20)18-7-8-19-14(21)13-10(16)5-4-6-11(13)17/h4-6H,7-9H2,1-3H3,(H,18,20)(H,19,21). The number of carbonyl (C=O) groups excluding carboxylic acids is 2. The van der Waals surface area contributed by atoms with Crippen LogP contribution in [-0.4, -0.2) is 24.9 Å². The predicted octanol–water partition coefficient (Wildman–Crippen LogP) is 2.76. The fourth-order valence-corrected chi connectivity index (χ4v) is 1.97. The number of carbonyl (C=O) groups is 2. The number of hydrogen-bond donors (Lipinski definition) is 2. The van der Waals surface area contributed by atoms with Gasteiger partial charge in [-0.25, -0.2) is 4.39 Å². The number of nitrogens with one attached hydrogen (secondary N) is 2. The molecule has 0 bridgehead atoms. The molecule has 0 aromatic heterocycles. The Labute approximate surface area is 129 Å². The van der Waals surface area contributed by atoms with Gasteiger partial charge in [0.2, 0.25) is 5.91 Å². The maximum atomic E-state index is 13.5. The van der Waals surface area contributed by atoms with Crippen molar-refractivity contribution in [3.8, 4) is 0 Å². The van der Waals surface area contributed by atoms with Gasteiger partial charge in [0.25, 0.3) is 5.91 Å². The van der Waals surface area contributed by atoms with Crippen LogP contribution in [0.2, 0.25) is 5.02 Å². The Kier molecular flexibility index (Phi) is 6.15. The summed E-state index contributed by atoms with van der Waals surface area (Å²) in [5.74, 6) is -1.35. The highest BCUT2D eigenvalue weighted by molar-refractivity contribution is 6.33. The number of halogens is 2. The molecule has 1 aromatic carbocycles. The fraction of sp³-hybridized carbons (Fsp3) is 0.467. The molecule has 6 heteroatoms. The lowest BCUT2D eigenvalue weighted by Gasteiger charge is -2.17. The summed E-state index contributed by atoms with van der Waals surface area (Å²) in [4.78, 5) is 23.4. The minimum Gasteiger partial charge on any atom is -0.354 e. The Bertz CT molecular complexity index is 507. The van der Waals surface area contributed by atoms with Gasteiger partial charge in [0.15, 0.2) is 0 Å². The van der Waals surface area contributed by atoms with Crippen molar-refractivity contribution in [3.05, 3.63) is 34.6 Å². The molecule has 0 atom stereocenters. The fourth-order valence-electron chi connectivity index (χ4n) is 1.73. The molecule has 0 heterocycles. The summed E-state index contributed by atoms with van der Waals surface area (Å²) < 4.78 is 13.5. The molecule has 0 aliphatic heterocycles. The molecule has 2 amide bonds. The van der Waals surface area contributed by atoms with E-state index in [1.807, 2.05) is 20.8 Å². The maximum absolute atomic E-state index is 13.5. The van der Waals surface area contributed by atoms with Gasteiger partial charge in [0.1, 0.15) is 5.82 Å². The summed E-state index contributed by atoms with van der Waals surface area (Å²) in [5, 5.41) is 5.28. The molecule has 0 aliphatic rings. The Hall–Kier alpha value is -1.62. The molecular formula is C15H20ClFN2O2. The quantitative estimate of drug-likeness (QED) is 0.821. The lowest BCUT2D eigenvalue weighted by Crippen LogP contribution is -2.36. The molecule has 2 N–H and O–H groups in total. The van der Waals surface area contributed by atoms with Crippen LogP contribution in [0.4, 0.5) is 4.39 Å². The average molecular weight is 315 g/mol. The van der Waals surface area contributed by atoms with Gasteiger partial charge >= 0.3 is 0 Å². The summed E-state index contributed by atoms with van der Waals surface area (Å²) in [6.07, 6.45) is 0.403. The van der Waals surface area contributed by atoms with Crippen LogP contribution in [0.25, 0.3) is 0 Å². The SMILES string of the molecule is CC(C)(C)CC(=O)NCCNC(=O)c1c(F)cccc1Cl. The van der Waals surface area contributed by atoms with E-state index in [0.717, 1.165) is 0 Å². The van der Waals surface area contributed by atoms with Gasteiger partial charge in [-0.15, -0.1) is 0 Å².